The molecule has 1 aliphatic carbocycles. The van der Waals surface area contributed by atoms with E-state index in [2.05, 4.69) is 6.92 Å². The fourth-order valence-corrected chi connectivity index (χ4v) is 1.51. The lowest BCUT2D eigenvalue weighted by Gasteiger charge is -2.16. The zero-order valence-electron chi connectivity index (χ0n) is 8.34. The molecule has 1 aliphatic rings. The highest BCUT2D eigenvalue weighted by molar-refractivity contribution is 5.75. The summed E-state index contributed by atoms with van der Waals surface area (Å²) in [6, 6.07) is 0. The van der Waals surface area contributed by atoms with Crippen molar-refractivity contribution in [2.45, 2.75) is 33.1 Å². The lowest BCUT2D eigenvalue weighted by atomic mass is 10.2. The molecule has 2 atom stereocenters. The van der Waals surface area contributed by atoms with Crippen molar-refractivity contribution >= 4 is 5.91 Å². The number of carbonyl (C=O) groups excluding carboxylic acids is 1. The molecule has 0 bridgehead atoms. The third-order valence-electron chi connectivity index (χ3n) is 2.67. The van der Waals surface area contributed by atoms with E-state index in [0.717, 1.165) is 24.8 Å². The predicted octanol–water partition coefficient (Wildman–Crippen LogP) is 1.90. The Balaban J connectivity index is 2.18. The Morgan fingerprint density at radius 3 is 2.58 bits per heavy atom. The van der Waals surface area contributed by atoms with Crippen LogP contribution in [0.2, 0.25) is 0 Å². The van der Waals surface area contributed by atoms with Crippen molar-refractivity contribution in [3.8, 4) is 0 Å². The van der Waals surface area contributed by atoms with Gasteiger partial charge in [-0.1, -0.05) is 13.8 Å². The van der Waals surface area contributed by atoms with Gasteiger partial charge in [0.15, 0.2) is 0 Å². The summed E-state index contributed by atoms with van der Waals surface area (Å²) in [5.74, 6) is 1.94. The first-order chi connectivity index (χ1) is 5.65. The largest absolute Gasteiger partial charge is 0.345 e. The highest BCUT2D eigenvalue weighted by Crippen LogP contribution is 2.37. The number of rotatable bonds is 4. The summed E-state index contributed by atoms with van der Waals surface area (Å²) in [5, 5.41) is 0. The second kappa shape index (κ2) is 3.92. The maximum atomic E-state index is 11.3. The van der Waals surface area contributed by atoms with Crippen LogP contribution >= 0.6 is 0 Å². The molecule has 1 saturated carbocycles. The van der Waals surface area contributed by atoms with E-state index in [1.165, 1.54) is 6.42 Å². The van der Waals surface area contributed by atoms with Gasteiger partial charge in [-0.05, 0) is 24.7 Å². The third-order valence-corrected chi connectivity index (χ3v) is 2.67. The van der Waals surface area contributed by atoms with Crippen molar-refractivity contribution in [1.82, 2.24) is 4.90 Å². The van der Waals surface area contributed by atoms with Gasteiger partial charge in [-0.2, -0.15) is 0 Å². The van der Waals surface area contributed by atoms with Crippen LogP contribution in [0.4, 0.5) is 0 Å². The van der Waals surface area contributed by atoms with Crippen LogP contribution in [0.5, 0.6) is 0 Å². The molecule has 0 aliphatic heterocycles. The van der Waals surface area contributed by atoms with Crippen molar-refractivity contribution in [3.63, 3.8) is 0 Å². The van der Waals surface area contributed by atoms with Gasteiger partial charge < -0.3 is 4.90 Å². The first kappa shape index (κ1) is 9.56. The second-order valence-electron chi connectivity index (χ2n) is 4.00. The Labute approximate surface area is 74.9 Å². The highest BCUT2D eigenvalue weighted by Gasteiger charge is 2.33. The predicted molar refractivity (Wildman–Crippen MR) is 49.8 cm³/mol. The zero-order valence-corrected chi connectivity index (χ0v) is 8.34. The molecule has 1 amide bonds. The number of amides is 1. The molecule has 1 rings (SSSR count). The number of hydrogen-bond donors (Lipinski definition) is 0. The molecule has 70 valence electrons. The maximum Gasteiger partial charge on any atom is 0.222 e. The fraction of sp³-hybridized carbons (Fsp3) is 0.900. The van der Waals surface area contributed by atoms with Gasteiger partial charge in [0, 0.05) is 20.0 Å². The smallest absolute Gasteiger partial charge is 0.222 e. The van der Waals surface area contributed by atoms with Crippen LogP contribution in [0.1, 0.15) is 33.1 Å². The summed E-state index contributed by atoms with van der Waals surface area (Å²) in [6.07, 6.45) is 2.98. The minimum absolute atomic E-state index is 0.302. The lowest BCUT2D eigenvalue weighted by Crippen LogP contribution is -2.28. The molecule has 0 radical (unpaired) electrons. The van der Waals surface area contributed by atoms with E-state index in [1.807, 2.05) is 18.9 Å². The van der Waals surface area contributed by atoms with Gasteiger partial charge in [-0.25, -0.2) is 0 Å². The monoisotopic (exact) mass is 169 g/mol. The summed E-state index contributed by atoms with van der Waals surface area (Å²) in [5.41, 5.74) is 0. The first-order valence-corrected chi connectivity index (χ1v) is 4.89. The topological polar surface area (TPSA) is 20.3 Å². The molecular weight excluding hydrogens is 150 g/mol. The molecule has 0 N–H and O–H groups in total. The number of carbonyl (C=O) groups is 1. The van der Waals surface area contributed by atoms with E-state index >= 15 is 0 Å². The summed E-state index contributed by atoms with van der Waals surface area (Å²) < 4.78 is 0. The van der Waals surface area contributed by atoms with Gasteiger partial charge in [0.1, 0.15) is 0 Å². The normalized spacial score (nSPS) is 26.9. The van der Waals surface area contributed by atoms with Crippen LogP contribution in [-0.2, 0) is 4.79 Å². The van der Waals surface area contributed by atoms with E-state index in [1.54, 1.807) is 0 Å². The van der Waals surface area contributed by atoms with Crippen molar-refractivity contribution < 1.29 is 4.79 Å². The summed E-state index contributed by atoms with van der Waals surface area (Å²) in [7, 11) is 1.92. The van der Waals surface area contributed by atoms with Crippen LogP contribution in [0.15, 0.2) is 0 Å². The number of nitrogens with zero attached hydrogens (tertiary/aromatic N) is 1. The Bertz CT molecular complexity index is 167. The van der Waals surface area contributed by atoms with Crippen molar-refractivity contribution in [2.24, 2.45) is 11.8 Å². The van der Waals surface area contributed by atoms with Crippen LogP contribution in [0, 0.1) is 11.8 Å². The van der Waals surface area contributed by atoms with E-state index in [9.17, 15) is 4.79 Å². The number of hydrogen-bond acceptors (Lipinski definition) is 1. The zero-order chi connectivity index (χ0) is 9.14. The molecule has 2 nitrogen and oxygen atoms in total. The van der Waals surface area contributed by atoms with Gasteiger partial charge in [0.25, 0.3) is 0 Å². The van der Waals surface area contributed by atoms with Crippen LogP contribution in [-0.4, -0.2) is 24.4 Å². The van der Waals surface area contributed by atoms with Crippen molar-refractivity contribution in [1.29, 1.82) is 0 Å². The molecule has 0 heterocycles. The van der Waals surface area contributed by atoms with E-state index in [-0.39, 0.29) is 0 Å². The van der Waals surface area contributed by atoms with Crippen LogP contribution in [0.3, 0.4) is 0 Å². The van der Waals surface area contributed by atoms with Gasteiger partial charge in [-0.3, -0.25) is 4.79 Å². The van der Waals surface area contributed by atoms with Gasteiger partial charge >= 0.3 is 0 Å². The summed E-state index contributed by atoms with van der Waals surface area (Å²) >= 11 is 0. The van der Waals surface area contributed by atoms with Crippen molar-refractivity contribution in [3.05, 3.63) is 0 Å². The maximum absolute atomic E-state index is 11.3. The molecule has 0 aromatic carbocycles. The van der Waals surface area contributed by atoms with Crippen LogP contribution in [0.25, 0.3) is 0 Å². The summed E-state index contributed by atoms with van der Waals surface area (Å²) in [4.78, 5) is 13.2. The highest BCUT2D eigenvalue weighted by atomic mass is 16.2. The molecule has 0 saturated heterocycles. The molecular formula is C10H19NO. The molecule has 2 unspecified atom stereocenters. The minimum Gasteiger partial charge on any atom is -0.345 e. The van der Waals surface area contributed by atoms with E-state index in [4.69, 9.17) is 0 Å². The molecule has 0 spiro atoms. The van der Waals surface area contributed by atoms with Crippen LogP contribution < -0.4 is 0 Å². The molecule has 0 aromatic rings. The average Bonchev–Trinajstić information content (AvgIpc) is 2.67. The molecule has 12 heavy (non-hydrogen) atoms. The van der Waals surface area contributed by atoms with Gasteiger partial charge in [-0.15, -0.1) is 0 Å². The summed E-state index contributed by atoms with van der Waals surface area (Å²) in [6.45, 7) is 5.27. The SMILES string of the molecule is CCCC(=O)N(C)CC1CC1C. The van der Waals surface area contributed by atoms with Crippen molar-refractivity contribution in [2.75, 3.05) is 13.6 Å². The first-order valence-electron chi connectivity index (χ1n) is 4.89. The Kier molecular flexibility index (Phi) is 3.12. The minimum atomic E-state index is 0.302. The lowest BCUT2D eigenvalue weighted by molar-refractivity contribution is -0.130. The Hall–Kier alpha value is -0.530. The fourth-order valence-electron chi connectivity index (χ4n) is 1.51. The quantitative estimate of drug-likeness (QED) is 0.629. The van der Waals surface area contributed by atoms with E-state index in [0.29, 0.717) is 12.3 Å². The third kappa shape index (κ3) is 2.50. The standard InChI is InChI=1S/C10H19NO/c1-4-5-10(12)11(3)7-9-6-8(9)2/h8-9H,4-7H2,1-3H3. The molecule has 0 aromatic heterocycles. The molecule has 2 heteroatoms. The van der Waals surface area contributed by atoms with Gasteiger partial charge in [0.2, 0.25) is 5.91 Å². The Morgan fingerprint density at radius 1 is 1.58 bits per heavy atom. The Morgan fingerprint density at radius 2 is 2.17 bits per heavy atom. The molecule has 1 fully saturated rings. The van der Waals surface area contributed by atoms with Gasteiger partial charge in [0.05, 0.1) is 0 Å². The second-order valence-corrected chi connectivity index (χ2v) is 4.00. The van der Waals surface area contributed by atoms with E-state index < -0.39 is 0 Å². The average molecular weight is 169 g/mol.